The maximum absolute atomic E-state index is 14.6. The summed E-state index contributed by atoms with van der Waals surface area (Å²) in [6.07, 6.45) is 6.37. The van der Waals surface area contributed by atoms with Crippen molar-refractivity contribution in [3.8, 4) is 16.9 Å². The number of carbonyl (C=O) groups is 1. The fourth-order valence-electron chi connectivity index (χ4n) is 6.16. The largest absolute Gasteiger partial charge is 0.293 e. The number of hydrogen-bond acceptors (Lipinski definition) is 4. The maximum atomic E-state index is 14.6. The molecule has 0 saturated heterocycles. The molecule has 1 heterocycles. The van der Waals surface area contributed by atoms with Gasteiger partial charge in [-0.25, -0.2) is 4.98 Å². The molecule has 3 aromatic carbocycles. The van der Waals surface area contributed by atoms with Crippen LogP contribution in [0.5, 0.6) is 0 Å². The minimum atomic E-state index is -0.188. The second-order valence-electron chi connectivity index (χ2n) is 10.4. The van der Waals surface area contributed by atoms with Gasteiger partial charge in [-0.2, -0.15) is 0 Å². The summed E-state index contributed by atoms with van der Waals surface area (Å²) in [5.74, 6) is 0.209. The number of benzene rings is 3. The van der Waals surface area contributed by atoms with Gasteiger partial charge in [0.05, 0.1) is 22.7 Å². The summed E-state index contributed by atoms with van der Waals surface area (Å²) < 4.78 is 2.71. The zero-order valence-corrected chi connectivity index (χ0v) is 23.8. The first-order valence-electron chi connectivity index (χ1n) is 13.2. The molecule has 6 heteroatoms. The van der Waals surface area contributed by atoms with Crippen LogP contribution in [0.2, 0.25) is 0 Å². The second kappa shape index (κ2) is 10.3. The molecule has 0 amide bonds. The molecule has 0 radical (unpaired) electrons. The predicted octanol–water partition coefficient (Wildman–Crippen LogP) is 7.70. The van der Waals surface area contributed by atoms with Gasteiger partial charge in [0.15, 0.2) is 10.9 Å². The molecule has 0 aliphatic heterocycles. The summed E-state index contributed by atoms with van der Waals surface area (Å²) in [5.41, 5.74) is 6.30. The number of carbonyl (C=O) groups excluding carboxylic acids is 1. The minimum absolute atomic E-state index is 0.00922. The lowest BCUT2D eigenvalue weighted by atomic mass is 9.62. The van der Waals surface area contributed by atoms with Crippen LogP contribution in [0.25, 0.3) is 16.9 Å². The average Bonchev–Trinajstić information content (AvgIpc) is 2.93. The standard InChI is InChI=1S/C32H29BrN2O2S/c1-21-9-3-6-12-26(21)35-30(37)28-29(34-31(35)38-20-27(36)22-13-15-24(33)16-14-22)25-11-5-4-10-23(25)19-32(28)17-7-2-8-18-32/h3-6,9-16H,2,7-8,17-20H2,1H3. The number of Topliss-reactive ketones (excluding diaryl/α,β-unsaturated/α-hetero) is 1. The molecule has 192 valence electrons. The summed E-state index contributed by atoms with van der Waals surface area (Å²) in [5, 5.41) is 0.566. The summed E-state index contributed by atoms with van der Waals surface area (Å²) in [6, 6.07) is 23.7. The van der Waals surface area contributed by atoms with Crippen molar-refractivity contribution in [2.75, 3.05) is 5.75 Å². The van der Waals surface area contributed by atoms with Crippen molar-refractivity contribution in [3.05, 3.63) is 110 Å². The summed E-state index contributed by atoms with van der Waals surface area (Å²) in [6.45, 7) is 2.02. The zero-order valence-electron chi connectivity index (χ0n) is 21.4. The molecule has 0 bridgehead atoms. The van der Waals surface area contributed by atoms with Crippen molar-refractivity contribution in [2.45, 2.75) is 56.0 Å². The molecule has 1 fully saturated rings. The Morgan fingerprint density at radius 3 is 2.45 bits per heavy atom. The van der Waals surface area contributed by atoms with Gasteiger partial charge in [-0.15, -0.1) is 0 Å². The van der Waals surface area contributed by atoms with Gasteiger partial charge in [0.1, 0.15) is 0 Å². The van der Waals surface area contributed by atoms with E-state index in [1.54, 1.807) is 4.57 Å². The lowest BCUT2D eigenvalue weighted by molar-refractivity contribution is 0.102. The van der Waals surface area contributed by atoms with Crippen LogP contribution in [0.1, 0.15) is 59.2 Å². The Bertz CT molecular complexity index is 1590. The molecule has 0 N–H and O–H groups in total. The lowest BCUT2D eigenvalue weighted by Crippen LogP contribution is -2.43. The Morgan fingerprint density at radius 2 is 1.68 bits per heavy atom. The molecule has 1 aromatic heterocycles. The van der Waals surface area contributed by atoms with Crippen LogP contribution in [0.3, 0.4) is 0 Å². The van der Waals surface area contributed by atoms with E-state index in [9.17, 15) is 9.59 Å². The van der Waals surface area contributed by atoms with Gasteiger partial charge in [-0.1, -0.05) is 102 Å². The fraction of sp³-hybridized carbons (Fsp3) is 0.281. The van der Waals surface area contributed by atoms with E-state index >= 15 is 0 Å². The molecular weight excluding hydrogens is 556 g/mol. The van der Waals surface area contributed by atoms with E-state index in [0.717, 1.165) is 64.6 Å². The summed E-state index contributed by atoms with van der Waals surface area (Å²) in [7, 11) is 0. The van der Waals surface area contributed by atoms with Gasteiger partial charge in [0.2, 0.25) is 0 Å². The first-order valence-corrected chi connectivity index (χ1v) is 15.0. The van der Waals surface area contributed by atoms with Gasteiger partial charge >= 0.3 is 0 Å². The van der Waals surface area contributed by atoms with Crippen LogP contribution in [-0.4, -0.2) is 21.1 Å². The minimum Gasteiger partial charge on any atom is -0.293 e. The van der Waals surface area contributed by atoms with E-state index in [1.165, 1.54) is 23.7 Å². The van der Waals surface area contributed by atoms with Crippen molar-refractivity contribution in [2.24, 2.45) is 0 Å². The van der Waals surface area contributed by atoms with E-state index in [-0.39, 0.29) is 22.5 Å². The normalized spacial score (nSPS) is 15.6. The molecule has 1 saturated carbocycles. The number of ketones is 1. The number of nitrogens with zero attached hydrogens (tertiary/aromatic N) is 2. The van der Waals surface area contributed by atoms with E-state index in [0.29, 0.717) is 10.7 Å². The molecule has 0 atom stereocenters. The molecule has 2 aliphatic carbocycles. The average molecular weight is 586 g/mol. The third-order valence-corrected chi connectivity index (χ3v) is 9.52. The number of thioether (sulfide) groups is 1. The highest BCUT2D eigenvalue weighted by Gasteiger charge is 2.43. The fourth-order valence-corrected chi connectivity index (χ4v) is 7.32. The number of hydrogen-bond donors (Lipinski definition) is 0. The third kappa shape index (κ3) is 4.48. The number of aromatic nitrogens is 2. The van der Waals surface area contributed by atoms with Crippen molar-refractivity contribution < 1.29 is 4.79 Å². The van der Waals surface area contributed by atoms with E-state index < -0.39 is 0 Å². The third-order valence-electron chi connectivity index (χ3n) is 8.05. The van der Waals surface area contributed by atoms with Crippen molar-refractivity contribution in [1.82, 2.24) is 9.55 Å². The lowest BCUT2D eigenvalue weighted by Gasteiger charge is -2.42. The smallest absolute Gasteiger partial charge is 0.263 e. The quantitative estimate of drug-likeness (QED) is 0.137. The molecule has 38 heavy (non-hydrogen) atoms. The maximum Gasteiger partial charge on any atom is 0.263 e. The Morgan fingerprint density at radius 1 is 0.974 bits per heavy atom. The second-order valence-corrected chi connectivity index (χ2v) is 12.3. The zero-order chi connectivity index (χ0) is 26.3. The molecular formula is C32H29BrN2O2S. The van der Waals surface area contributed by atoms with Crippen LogP contribution >= 0.6 is 27.7 Å². The Labute approximate surface area is 235 Å². The number of para-hydroxylation sites is 1. The summed E-state index contributed by atoms with van der Waals surface area (Å²) in [4.78, 5) is 33.0. The Hall–Kier alpha value is -2.96. The van der Waals surface area contributed by atoms with Crippen LogP contribution in [-0.2, 0) is 11.8 Å². The van der Waals surface area contributed by atoms with Gasteiger partial charge in [0.25, 0.3) is 5.56 Å². The Kier molecular flexibility index (Phi) is 6.87. The number of halogens is 1. The highest BCUT2D eigenvalue weighted by molar-refractivity contribution is 9.10. The van der Waals surface area contributed by atoms with E-state index in [2.05, 4.69) is 34.1 Å². The molecule has 4 aromatic rings. The first kappa shape index (κ1) is 25.3. The van der Waals surface area contributed by atoms with Crippen molar-refractivity contribution >= 4 is 33.5 Å². The summed E-state index contributed by atoms with van der Waals surface area (Å²) >= 11 is 4.78. The van der Waals surface area contributed by atoms with Crippen molar-refractivity contribution in [1.29, 1.82) is 0 Å². The van der Waals surface area contributed by atoms with Gasteiger partial charge in [-0.3, -0.25) is 14.2 Å². The van der Waals surface area contributed by atoms with Gasteiger partial charge in [0, 0.05) is 21.0 Å². The van der Waals surface area contributed by atoms with Crippen molar-refractivity contribution in [3.63, 3.8) is 0 Å². The SMILES string of the molecule is Cc1ccccc1-n1c(SCC(=O)c2ccc(Br)cc2)nc2c(c1=O)C1(CCCCC1)Cc1ccccc1-2. The predicted molar refractivity (Wildman–Crippen MR) is 158 cm³/mol. The van der Waals surface area contributed by atoms with E-state index in [4.69, 9.17) is 4.98 Å². The number of rotatable bonds is 5. The van der Waals surface area contributed by atoms with Gasteiger partial charge in [-0.05, 0) is 55.5 Å². The highest BCUT2D eigenvalue weighted by Crippen LogP contribution is 2.49. The highest BCUT2D eigenvalue weighted by atomic mass is 79.9. The van der Waals surface area contributed by atoms with Crippen LogP contribution in [0.4, 0.5) is 0 Å². The molecule has 1 spiro atoms. The monoisotopic (exact) mass is 584 g/mol. The number of fused-ring (bicyclic) bond motifs is 4. The molecule has 0 unspecified atom stereocenters. The van der Waals surface area contributed by atoms with E-state index in [1.807, 2.05) is 61.5 Å². The molecule has 4 nitrogen and oxygen atoms in total. The first-order chi connectivity index (χ1) is 18.5. The Balaban J connectivity index is 1.53. The molecule has 2 aliphatic rings. The van der Waals surface area contributed by atoms with Crippen LogP contribution in [0, 0.1) is 6.92 Å². The van der Waals surface area contributed by atoms with Gasteiger partial charge < -0.3 is 0 Å². The van der Waals surface area contributed by atoms with Crippen LogP contribution in [0.15, 0.2) is 87.2 Å². The molecule has 6 rings (SSSR count). The topological polar surface area (TPSA) is 52.0 Å². The van der Waals surface area contributed by atoms with Crippen LogP contribution < -0.4 is 5.56 Å². The number of aryl methyl sites for hydroxylation is 1.